The van der Waals surface area contributed by atoms with E-state index in [0.717, 1.165) is 0 Å². The first-order chi connectivity index (χ1) is 7.93. The lowest BCUT2D eigenvalue weighted by atomic mass is 10.1. The number of rotatable bonds is 8. The molecule has 9 nitrogen and oxygen atoms in total. The monoisotopic (exact) mass is 245 g/mol. The highest BCUT2D eigenvalue weighted by molar-refractivity contribution is 5.75. The molecule has 0 amide bonds. The van der Waals surface area contributed by atoms with Crippen molar-refractivity contribution in [1.29, 1.82) is 10.8 Å². The average Bonchev–Trinajstić information content (AvgIpc) is 2.20. The minimum Gasteiger partial charge on any atom is -0.480 e. The summed E-state index contributed by atoms with van der Waals surface area (Å²) in [7, 11) is 0. The van der Waals surface area contributed by atoms with E-state index in [9.17, 15) is 4.79 Å². The van der Waals surface area contributed by atoms with Crippen molar-refractivity contribution in [3.63, 3.8) is 0 Å². The molecule has 98 valence electrons. The van der Waals surface area contributed by atoms with Crippen LogP contribution in [0.5, 0.6) is 0 Å². The van der Waals surface area contributed by atoms with E-state index in [1.165, 1.54) is 0 Å². The summed E-state index contributed by atoms with van der Waals surface area (Å²) in [6.07, 6.45) is 0.943. The third-order valence-electron chi connectivity index (χ3n) is 1.91. The van der Waals surface area contributed by atoms with Gasteiger partial charge in [-0.1, -0.05) is 0 Å². The zero-order chi connectivity index (χ0) is 13.3. The van der Waals surface area contributed by atoms with Gasteiger partial charge < -0.3 is 27.2 Å². The quantitative estimate of drug-likeness (QED) is 0.103. The van der Waals surface area contributed by atoms with Crippen LogP contribution in [0, 0.1) is 10.8 Å². The molecule has 0 saturated carbocycles. The molecule has 0 aromatic carbocycles. The van der Waals surface area contributed by atoms with Crippen LogP contribution in [0.2, 0.25) is 0 Å². The highest BCUT2D eigenvalue weighted by Crippen LogP contribution is 1.96. The van der Waals surface area contributed by atoms with Crippen LogP contribution in [0.15, 0.2) is 0 Å². The van der Waals surface area contributed by atoms with Crippen molar-refractivity contribution in [1.82, 2.24) is 16.0 Å². The fraction of sp³-hybridized carbons (Fsp3) is 0.625. The molecule has 1 unspecified atom stereocenters. The van der Waals surface area contributed by atoms with E-state index in [1.54, 1.807) is 0 Å². The Kier molecular flexibility index (Phi) is 7.19. The third-order valence-corrected chi connectivity index (χ3v) is 1.91. The van der Waals surface area contributed by atoms with Gasteiger partial charge in [-0.2, -0.15) is 0 Å². The van der Waals surface area contributed by atoms with Crippen molar-refractivity contribution in [2.24, 2.45) is 11.5 Å². The van der Waals surface area contributed by atoms with E-state index >= 15 is 0 Å². The Hall–Kier alpha value is -2.03. The predicted molar refractivity (Wildman–Crippen MR) is 63.6 cm³/mol. The van der Waals surface area contributed by atoms with Gasteiger partial charge in [0.05, 0.1) is 6.67 Å². The lowest BCUT2D eigenvalue weighted by molar-refractivity contribution is -0.139. The van der Waals surface area contributed by atoms with Crippen LogP contribution in [0.4, 0.5) is 0 Å². The standard InChI is InChI=1S/C8H19N7O2/c9-7(10)13-3-1-2-5(6(16)17)14-4-15-8(11)12/h5,14H,1-4H2,(H,16,17)(H4,9,10,13)(H4,11,12,15). The zero-order valence-corrected chi connectivity index (χ0v) is 9.42. The molecule has 0 aromatic heterocycles. The number of carbonyl (C=O) groups is 1. The van der Waals surface area contributed by atoms with Gasteiger partial charge in [-0.25, -0.2) is 0 Å². The first kappa shape index (κ1) is 15.0. The number of nitrogens with one attached hydrogen (secondary N) is 5. The van der Waals surface area contributed by atoms with Crippen molar-refractivity contribution < 1.29 is 9.90 Å². The lowest BCUT2D eigenvalue weighted by Gasteiger charge is -2.15. The van der Waals surface area contributed by atoms with Gasteiger partial charge in [-0.05, 0) is 12.8 Å². The Balaban J connectivity index is 3.79. The first-order valence-electron chi connectivity index (χ1n) is 5.05. The highest BCUT2D eigenvalue weighted by atomic mass is 16.4. The van der Waals surface area contributed by atoms with Gasteiger partial charge in [-0.15, -0.1) is 0 Å². The molecule has 0 bridgehead atoms. The summed E-state index contributed by atoms with van der Waals surface area (Å²) in [4.78, 5) is 10.8. The van der Waals surface area contributed by atoms with Crippen LogP contribution in [0.3, 0.4) is 0 Å². The van der Waals surface area contributed by atoms with Gasteiger partial charge in [0.1, 0.15) is 6.04 Å². The van der Waals surface area contributed by atoms with Crippen molar-refractivity contribution in [3.05, 3.63) is 0 Å². The molecule has 0 fully saturated rings. The highest BCUT2D eigenvalue weighted by Gasteiger charge is 2.15. The molecule has 0 aromatic rings. The van der Waals surface area contributed by atoms with Crippen molar-refractivity contribution >= 4 is 17.9 Å². The second-order valence-corrected chi connectivity index (χ2v) is 3.34. The van der Waals surface area contributed by atoms with Gasteiger partial charge in [-0.3, -0.25) is 20.9 Å². The van der Waals surface area contributed by atoms with E-state index in [-0.39, 0.29) is 18.6 Å². The van der Waals surface area contributed by atoms with Gasteiger partial charge in [0, 0.05) is 6.54 Å². The average molecular weight is 245 g/mol. The van der Waals surface area contributed by atoms with Gasteiger partial charge in [0.2, 0.25) is 0 Å². The van der Waals surface area contributed by atoms with Crippen LogP contribution in [0.25, 0.3) is 0 Å². The SMILES string of the molecule is N=C(N)NCCCC(NCNC(=N)N)C(=O)O. The molecule has 0 aliphatic carbocycles. The lowest BCUT2D eigenvalue weighted by Crippen LogP contribution is -2.45. The van der Waals surface area contributed by atoms with E-state index in [2.05, 4.69) is 16.0 Å². The molecule has 0 rings (SSSR count). The second-order valence-electron chi connectivity index (χ2n) is 3.34. The minimum absolute atomic E-state index is 0.117. The summed E-state index contributed by atoms with van der Waals surface area (Å²) in [5.74, 6) is -1.33. The van der Waals surface area contributed by atoms with Crippen LogP contribution in [-0.4, -0.2) is 42.3 Å². The molecule has 0 aliphatic rings. The minimum atomic E-state index is -0.974. The summed E-state index contributed by atoms with van der Waals surface area (Å²) in [5.41, 5.74) is 10.1. The fourth-order valence-electron chi connectivity index (χ4n) is 1.11. The molecule has 9 heteroatoms. The molecule has 0 heterocycles. The summed E-state index contributed by atoms with van der Waals surface area (Å²) in [6, 6.07) is -0.726. The maximum atomic E-state index is 10.8. The van der Waals surface area contributed by atoms with E-state index in [1.807, 2.05) is 0 Å². The number of hydrogen-bond acceptors (Lipinski definition) is 4. The molecule has 17 heavy (non-hydrogen) atoms. The van der Waals surface area contributed by atoms with E-state index in [0.29, 0.717) is 19.4 Å². The summed E-state index contributed by atoms with van der Waals surface area (Å²) in [6.45, 7) is 0.563. The van der Waals surface area contributed by atoms with E-state index in [4.69, 9.17) is 27.4 Å². The van der Waals surface area contributed by atoms with Gasteiger partial charge in [0.15, 0.2) is 11.9 Å². The molecule has 1 atom stereocenters. The largest absolute Gasteiger partial charge is 0.480 e. The molecule has 0 radical (unpaired) electrons. The van der Waals surface area contributed by atoms with Crippen LogP contribution in [0.1, 0.15) is 12.8 Å². The van der Waals surface area contributed by atoms with Crippen LogP contribution >= 0.6 is 0 Å². The zero-order valence-electron chi connectivity index (χ0n) is 9.42. The maximum Gasteiger partial charge on any atom is 0.320 e. The molecule has 0 spiro atoms. The number of aliphatic carboxylic acids is 1. The van der Waals surface area contributed by atoms with Crippen LogP contribution in [-0.2, 0) is 4.79 Å². The smallest absolute Gasteiger partial charge is 0.320 e. The molecule has 0 saturated heterocycles. The number of guanidine groups is 2. The first-order valence-corrected chi connectivity index (χ1v) is 5.05. The third kappa shape index (κ3) is 8.93. The van der Waals surface area contributed by atoms with E-state index < -0.39 is 12.0 Å². The number of carboxylic acid groups (broad SMARTS) is 1. The Labute approximate surface area is 98.9 Å². The van der Waals surface area contributed by atoms with Crippen LogP contribution < -0.4 is 27.4 Å². The molecular formula is C8H19N7O2. The van der Waals surface area contributed by atoms with Crippen molar-refractivity contribution in [2.45, 2.75) is 18.9 Å². The maximum absolute atomic E-state index is 10.8. The van der Waals surface area contributed by atoms with Gasteiger partial charge >= 0.3 is 5.97 Å². The molecular weight excluding hydrogens is 226 g/mol. The fourth-order valence-corrected chi connectivity index (χ4v) is 1.11. The summed E-state index contributed by atoms with van der Waals surface area (Å²) >= 11 is 0. The normalized spacial score (nSPS) is 11.5. The van der Waals surface area contributed by atoms with Gasteiger partial charge in [0.25, 0.3) is 0 Å². The Bertz CT molecular complexity index is 281. The predicted octanol–water partition coefficient (Wildman–Crippen LogP) is -2.27. The topological polar surface area (TPSA) is 173 Å². The Morgan fingerprint density at radius 3 is 2.29 bits per heavy atom. The number of carboxylic acids is 1. The number of nitrogens with two attached hydrogens (primary N) is 2. The van der Waals surface area contributed by atoms with Crippen molar-refractivity contribution in [2.75, 3.05) is 13.2 Å². The van der Waals surface area contributed by atoms with Crippen molar-refractivity contribution in [3.8, 4) is 0 Å². The number of hydrogen-bond donors (Lipinski definition) is 8. The second kappa shape index (κ2) is 8.16. The summed E-state index contributed by atoms with van der Waals surface area (Å²) in [5, 5.41) is 30.4. The Morgan fingerprint density at radius 1 is 1.24 bits per heavy atom. The Morgan fingerprint density at radius 2 is 1.82 bits per heavy atom. The summed E-state index contributed by atoms with van der Waals surface area (Å²) < 4.78 is 0. The molecule has 0 aliphatic heterocycles. The molecule has 10 N–H and O–H groups in total.